The molecule has 2 heterocycles. The molecule has 18 heavy (non-hydrogen) atoms. The van der Waals surface area contributed by atoms with Crippen LogP contribution in [0.15, 0.2) is 28.8 Å². The minimum Gasteiger partial charge on any atom is -0.376 e. The van der Waals surface area contributed by atoms with Crippen LogP contribution >= 0.6 is 0 Å². The van der Waals surface area contributed by atoms with Gasteiger partial charge in [-0.25, -0.2) is 4.39 Å². The highest BCUT2D eigenvalue weighted by molar-refractivity contribution is 5.25. The molecular weight excluding hydrogens is 233 g/mol. The van der Waals surface area contributed by atoms with E-state index in [4.69, 9.17) is 9.26 Å². The molecule has 0 saturated carbocycles. The molecule has 0 saturated heterocycles. The first-order valence-electron chi connectivity index (χ1n) is 6.11. The van der Waals surface area contributed by atoms with Crippen LogP contribution < -0.4 is 0 Å². The van der Waals surface area contributed by atoms with Crippen molar-refractivity contribution < 1.29 is 13.7 Å². The molecule has 0 N–H and O–H groups in total. The summed E-state index contributed by atoms with van der Waals surface area (Å²) < 4.78 is 23.5. The van der Waals surface area contributed by atoms with Crippen LogP contribution in [0.3, 0.4) is 0 Å². The van der Waals surface area contributed by atoms with Crippen LogP contribution in [0.1, 0.15) is 22.6 Å². The monoisotopic (exact) mass is 247 g/mol. The summed E-state index contributed by atoms with van der Waals surface area (Å²) in [4.78, 5) is 0. The molecule has 0 aliphatic carbocycles. The average molecular weight is 247 g/mol. The van der Waals surface area contributed by atoms with Crippen LogP contribution in [-0.2, 0) is 30.6 Å². The molecule has 3 rings (SSSR count). The third-order valence-electron chi connectivity index (χ3n) is 3.23. The van der Waals surface area contributed by atoms with Gasteiger partial charge in [-0.15, -0.1) is 0 Å². The van der Waals surface area contributed by atoms with Gasteiger partial charge in [0, 0.05) is 12.0 Å². The molecule has 1 aliphatic heterocycles. The molecule has 2 aromatic rings. The lowest BCUT2D eigenvalue weighted by atomic mass is 10.0. The number of rotatable bonds is 3. The Bertz CT molecular complexity index is 533. The van der Waals surface area contributed by atoms with Crippen LogP contribution in [0.2, 0.25) is 0 Å². The highest BCUT2D eigenvalue weighted by Gasteiger charge is 2.19. The number of hydrogen-bond donors (Lipinski definition) is 0. The molecule has 3 nitrogen and oxygen atoms in total. The molecule has 0 spiro atoms. The maximum absolute atomic E-state index is 12.8. The van der Waals surface area contributed by atoms with E-state index in [1.54, 1.807) is 12.1 Å². The maximum Gasteiger partial charge on any atom is 0.144 e. The Balaban J connectivity index is 1.70. The van der Waals surface area contributed by atoms with Gasteiger partial charge in [0.15, 0.2) is 0 Å². The highest BCUT2D eigenvalue weighted by Crippen LogP contribution is 2.21. The van der Waals surface area contributed by atoms with Crippen molar-refractivity contribution in [2.24, 2.45) is 0 Å². The van der Waals surface area contributed by atoms with Gasteiger partial charge in [-0.05, 0) is 30.5 Å². The number of aryl methyl sites for hydroxylation is 2. The van der Waals surface area contributed by atoms with E-state index in [1.807, 2.05) is 0 Å². The van der Waals surface area contributed by atoms with Crippen molar-refractivity contribution in [2.45, 2.75) is 25.9 Å². The van der Waals surface area contributed by atoms with E-state index in [0.717, 1.165) is 41.8 Å². The Kier molecular flexibility index (Phi) is 3.11. The number of benzene rings is 1. The van der Waals surface area contributed by atoms with Gasteiger partial charge in [0.2, 0.25) is 0 Å². The standard InChI is InChI=1S/C14H14FNO2/c15-11-4-1-10(2-5-11)3-6-13-12-9-17-8-7-14(12)18-16-13/h1-2,4-5H,3,6-9H2. The number of aromatic nitrogens is 1. The Morgan fingerprint density at radius 1 is 1.17 bits per heavy atom. The quantitative estimate of drug-likeness (QED) is 0.836. The van der Waals surface area contributed by atoms with Crippen molar-refractivity contribution in [1.82, 2.24) is 5.16 Å². The molecule has 0 atom stereocenters. The van der Waals surface area contributed by atoms with E-state index in [1.165, 1.54) is 12.1 Å². The summed E-state index contributed by atoms with van der Waals surface area (Å²) in [6, 6.07) is 6.57. The van der Waals surface area contributed by atoms with Crippen molar-refractivity contribution in [1.29, 1.82) is 0 Å². The fourth-order valence-corrected chi connectivity index (χ4v) is 2.19. The number of hydrogen-bond acceptors (Lipinski definition) is 3. The fraction of sp³-hybridized carbons (Fsp3) is 0.357. The summed E-state index contributed by atoms with van der Waals surface area (Å²) in [5.41, 5.74) is 3.17. The van der Waals surface area contributed by atoms with E-state index in [-0.39, 0.29) is 5.82 Å². The van der Waals surface area contributed by atoms with Gasteiger partial charge >= 0.3 is 0 Å². The van der Waals surface area contributed by atoms with E-state index < -0.39 is 0 Å². The summed E-state index contributed by atoms with van der Waals surface area (Å²) in [5, 5.41) is 4.10. The fourth-order valence-electron chi connectivity index (χ4n) is 2.19. The zero-order valence-corrected chi connectivity index (χ0v) is 9.99. The number of fused-ring (bicyclic) bond motifs is 1. The van der Waals surface area contributed by atoms with Crippen LogP contribution in [0.5, 0.6) is 0 Å². The topological polar surface area (TPSA) is 35.3 Å². The molecule has 1 aliphatic rings. The summed E-state index contributed by atoms with van der Waals surface area (Å²) in [5.74, 6) is 0.751. The lowest BCUT2D eigenvalue weighted by molar-refractivity contribution is 0.102. The second-order valence-corrected chi connectivity index (χ2v) is 4.46. The van der Waals surface area contributed by atoms with Crippen LogP contribution in [0.25, 0.3) is 0 Å². The summed E-state index contributed by atoms with van der Waals surface area (Å²) in [6.45, 7) is 1.30. The largest absolute Gasteiger partial charge is 0.376 e. The number of nitrogens with zero attached hydrogens (tertiary/aromatic N) is 1. The zero-order chi connectivity index (χ0) is 12.4. The van der Waals surface area contributed by atoms with E-state index in [2.05, 4.69) is 5.16 Å². The van der Waals surface area contributed by atoms with Crippen LogP contribution in [0, 0.1) is 5.82 Å². The predicted molar refractivity (Wildman–Crippen MR) is 63.7 cm³/mol. The second-order valence-electron chi connectivity index (χ2n) is 4.46. The van der Waals surface area contributed by atoms with E-state index in [0.29, 0.717) is 13.2 Å². The van der Waals surface area contributed by atoms with Gasteiger partial charge in [-0.3, -0.25) is 0 Å². The number of halogens is 1. The second kappa shape index (κ2) is 4.90. The lowest BCUT2D eigenvalue weighted by Crippen LogP contribution is -2.09. The van der Waals surface area contributed by atoms with E-state index >= 15 is 0 Å². The van der Waals surface area contributed by atoms with E-state index in [9.17, 15) is 4.39 Å². The minimum atomic E-state index is -0.203. The summed E-state index contributed by atoms with van der Waals surface area (Å²) >= 11 is 0. The lowest BCUT2D eigenvalue weighted by Gasteiger charge is -2.10. The zero-order valence-electron chi connectivity index (χ0n) is 9.99. The molecule has 0 amide bonds. The summed E-state index contributed by atoms with van der Waals surface area (Å²) in [7, 11) is 0. The van der Waals surface area contributed by atoms with Gasteiger partial charge < -0.3 is 9.26 Å². The van der Waals surface area contributed by atoms with Crippen molar-refractivity contribution in [3.63, 3.8) is 0 Å². The number of ether oxygens (including phenoxy) is 1. The first-order valence-corrected chi connectivity index (χ1v) is 6.11. The molecule has 0 radical (unpaired) electrons. The van der Waals surface area contributed by atoms with Gasteiger partial charge in [-0.2, -0.15) is 0 Å². The minimum absolute atomic E-state index is 0.203. The first kappa shape index (κ1) is 11.4. The van der Waals surface area contributed by atoms with Gasteiger partial charge in [0.25, 0.3) is 0 Å². The maximum atomic E-state index is 12.8. The van der Waals surface area contributed by atoms with Crippen molar-refractivity contribution >= 4 is 0 Å². The molecule has 0 bridgehead atoms. The van der Waals surface area contributed by atoms with Crippen LogP contribution in [0.4, 0.5) is 4.39 Å². The molecule has 94 valence electrons. The summed E-state index contributed by atoms with van der Waals surface area (Å²) in [6.07, 6.45) is 2.44. The Hall–Kier alpha value is -1.68. The van der Waals surface area contributed by atoms with Crippen molar-refractivity contribution in [3.05, 3.63) is 52.7 Å². The predicted octanol–water partition coefficient (Wildman–Crippen LogP) is 2.67. The average Bonchev–Trinajstić information content (AvgIpc) is 2.82. The Labute approximate surface area is 105 Å². The SMILES string of the molecule is Fc1ccc(CCc2noc3c2COCC3)cc1. The molecule has 1 aromatic heterocycles. The third kappa shape index (κ3) is 2.29. The first-order chi connectivity index (χ1) is 8.83. The Morgan fingerprint density at radius 2 is 2.00 bits per heavy atom. The molecule has 1 aromatic carbocycles. The van der Waals surface area contributed by atoms with Gasteiger partial charge in [0.1, 0.15) is 11.6 Å². The molecule has 0 unspecified atom stereocenters. The third-order valence-corrected chi connectivity index (χ3v) is 3.23. The van der Waals surface area contributed by atoms with Gasteiger partial charge in [-0.1, -0.05) is 17.3 Å². The molecule has 4 heteroatoms. The van der Waals surface area contributed by atoms with Gasteiger partial charge in [0.05, 0.1) is 18.9 Å². The normalized spacial score (nSPS) is 14.5. The molecular formula is C14H14FNO2. The molecule has 0 fully saturated rings. The van der Waals surface area contributed by atoms with Crippen molar-refractivity contribution in [3.8, 4) is 0 Å². The van der Waals surface area contributed by atoms with Crippen LogP contribution in [-0.4, -0.2) is 11.8 Å². The highest BCUT2D eigenvalue weighted by atomic mass is 19.1. The smallest absolute Gasteiger partial charge is 0.144 e. The Morgan fingerprint density at radius 3 is 2.83 bits per heavy atom. The van der Waals surface area contributed by atoms with Crippen molar-refractivity contribution in [2.75, 3.05) is 6.61 Å².